The van der Waals surface area contributed by atoms with Gasteiger partial charge in [0.15, 0.2) is 0 Å². The van der Waals surface area contributed by atoms with Gasteiger partial charge in [-0.2, -0.15) is 0 Å². The molecule has 3 N–H and O–H groups in total. The normalized spacial score (nSPS) is 20.1. The van der Waals surface area contributed by atoms with Crippen LogP contribution in [0.5, 0.6) is 0 Å². The zero-order valence-electron chi connectivity index (χ0n) is 11.1. The third-order valence-electron chi connectivity index (χ3n) is 3.75. The standard InChI is InChI=1S/C15H14BrN3O2/c16-12-7-9(19(20)21)5-6-14(12)18-15-8-13(17)10-3-1-2-4-11(10)15/h1-7,13,15,18H,8,17H2. The van der Waals surface area contributed by atoms with Gasteiger partial charge in [0.25, 0.3) is 5.69 Å². The van der Waals surface area contributed by atoms with E-state index in [0.717, 1.165) is 17.7 Å². The molecule has 2 unspecified atom stereocenters. The van der Waals surface area contributed by atoms with E-state index >= 15 is 0 Å². The molecule has 6 heteroatoms. The lowest BCUT2D eigenvalue weighted by Crippen LogP contribution is -2.10. The Morgan fingerprint density at radius 2 is 1.95 bits per heavy atom. The highest BCUT2D eigenvalue weighted by molar-refractivity contribution is 9.10. The summed E-state index contributed by atoms with van der Waals surface area (Å²) in [5.74, 6) is 0. The van der Waals surface area contributed by atoms with Crippen LogP contribution >= 0.6 is 15.9 Å². The molecule has 21 heavy (non-hydrogen) atoms. The summed E-state index contributed by atoms with van der Waals surface area (Å²) in [6, 6.07) is 13.0. The van der Waals surface area contributed by atoms with Gasteiger partial charge in [0.05, 0.1) is 11.0 Å². The SMILES string of the molecule is NC1CC(Nc2ccc([N+](=O)[O-])cc2Br)c2ccccc21. The summed E-state index contributed by atoms with van der Waals surface area (Å²) in [4.78, 5) is 10.4. The maximum atomic E-state index is 10.8. The summed E-state index contributed by atoms with van der Waals surface area (Å²) >= 11 is 3.38. The van der Waals surface area contributed by atoms with Crippen molar-refractivity contribution in [1.82, 2.24) is 0 Å². The van der Waals surface area contributed by atoms with Crippen LogP contribution in [0.1, 0.15) is 29.6 Å². The van der Waals surface area contributed by atoms with Crippen molar-refractivity contribution in [2.24, 2.45) is 5.73 Å². The number of nitrogens with zero attached hydrogens (tertiary/aromatic N) is 1. The van der Waals surface area contributed by atoms with E-state index in [1.165, 1.54) is 17.7 Å². The second kappa shape index (κ2) is 5.46. The molecule has 2 atom stereocenters. The highest BCUT2D eigenvalue weighted by Crippen LogP contribution is 2.40. The molecule has 1 aliphatic rings. The van der Waals surface area contributed by atoms with Gasteiger partial charge in [-0.3, -0.25) is 10.1 Å². The van der Waals surface area contributed by atoms with Crippen LogP contribution < -0.4 is 11.1 Å². The molecule has 0 heterocycles. The summed E-state index contributed by atoms with van der Waals surface area (Å²) in [5.41, 5.74) is 9.40. The number of anilines is 1. The number of benzene rings is 2. The molecule has 0 saturated carbocycles. The largest absolute Gasteiger partial charge is 0.377 e. The highest BCUT2D eigenvalue weighted by atomic mass is 79.9. The van der Waals surface area contributed by atoms with Gasteiger partial charge in [-0.25, -0.2) is 0 Å². The lowest BCUT2D eigenvalue weighted by Gasteiger charge is -2.16. The van der Waals surface area contributed by atoms with Gasteiger partial charge < -0.3 is 11.1 Å². The maximum Gasteiger partial charge on any atom is 0.270 e. The third kappa shape index (κ3) is 2.64. The van der Waals surface area contributed by atoms with Crippen molar-refractivity contribution in [3.8, 4) is 0 Å². The Labute approximate surface area is 130 Å². The molecule has 3 rings (SSSR count). The Kier molecular flexibility index (Phi) is 3.65. The smallest absolute Gasteiger partial charge is 0.270 e. The summed E-state index contributed by atoms with van der Waals surface area (Å²) in [6.45, 7) is 0. The number of hydrogen-bond acceptors (Lipinski definition) is 4. The van der Waals surface area contributed by atoms with Gasteiger partial charge in [-0.05, 0) is 39.5 Å². The lowest BCUT2D eigenvalue weighted by molar-refractivity contribution is -0.384. The zero-order chi connectivity index (χ0) is 15.0. The average molecular weight is 348 g/mol. The zero-order valence-corrected chi connectivity index (χ0v) is 12.7. The number of nitrogens with two attached hydrogens (primary N) is 1. The first-order chi connectivity index (χ1) is 10.1. The fourth-order valence-corrected chi connectivity index (χ4v) is 3.21. The third-order valence-corrected chi connectivity index (χ3v) is 4.41. The molecule has 0 bridgehead atoms. The van der Waals surface area contributed by atoms with E-state index in [4.69, 9.17) is 5.73 Å². The van der Waals surface area contributed by atoms with Crippen molar-refractivity contribution in [3.05, 3.63) is 68.2 Å². The van der Waals surface area contributed by atoms with E-state index in [0.29, 0.717) is 4.47 Å². The lowest BCUT2D eigenvalue weighted by atomic mass is 10.1. The van der Waals surface area contributed by atoms with Gasteiger partial charge in [0, 0.05) is 28.3 Å². The second-order valence-electron chi connectivity index (χ2n) is 5.09. The van der Waals surface area contributed by atoms with Crippen LogP contribution in [0.3, 0.4) is 0 Å². The predicted molar refractivity (Wildman–Crippen MR) is 85.1 cm³/mol. The number of halogens is 1. The first-order valence-electron chi connectivity index (χ1n) is 6.61. The number of rotatable bonds is 3. The Bertz CT molecular complexity index is 705. The average Bonchev–Trinajstić information content (AvgIpc) is 2.78. The van der Waals surface area contributed by atoms with E-state index in [-0.39, 0.29) is 17.8 Å². The van der Waals surface area contributed by atoms with E-state index in [1.807, 2.05) is 18.2 Å². The molecule has 2 aromatic carbocycles. The molecule has 108 valence electrons. The Morgan fingerprint density at radius 1 is 1.24 bits per heavy atom. The van der Waals surface area contributed by atoms with Gasteiger partial charge >= 0.3 is 0 Å². The van der Waals surface area contributed by atoms with Crippen LogP contribution in [0.2, 0.25) is 0 Å². The molecule has 0 amide bonds. The molecule has 0 radical (unpaired) electrons. The maximum absolute atomic E-state index is 10.8. The van der Waals surface area contributed by atoms with Gasteiger partial charge in [0.2, 0.25) is 0 Å². The van der Waals surface area contributed by atoms with Gasteiger partial charge in [0.1, 0.15) is 0 Å². The van der Waals surface area contributed by atoms with Crippen LogP contribution in [0.15, 0.2) is 46.9 Å². The fraction of sp³-hybridized carbons (Fsp3) is 0.200. The van der Waals surface area contributed by atoms with Crippen molar-refractivity contribution in [2.75, 3.05) is 5.32 Å². The number of nitro groups is 1. The van der Waals surface area contributed by atoms with Crippen molar-refractivity contribution in [1.29, 1.82) is 0 Å². The van der Waals surface area contributed by atoms with Gasteiger partial charge in [-0.1, -0.05) is 24.3 Å². The molecule has 1 aliphatic carbocycles. The number of nitro benzene ring substituents is 1. The van der Waals surface area contributed by atoms with Crippen LogP contribution in [0, 0.1) is 10.1 Å². The minimum Gasteiger partial charge on any atom is -0.377 e. The minimum atomic E-state index is -0.407. The van der Waals surface area contributed by atoms with Crippen LogP contribution in [0.25, 0.3) is 0 Å². The van der Waals surface area contributed by atoms with Gasteiger partial charge in [-0.15, -0.1) is 0 Å². The molecule has 0 saturated heterocycles. The fourth-order valence-electron chi connectivity index (χ4n) is 2.73. The van der Waals surface area contributed by atoms with Crippen molar-refractivity contribution in [3.63, 3.8) is 0 Å². The Balaban J connectivity index is 1.87. The number of nitrogens with one attached hydrogen (secondary N) is 1. The molecule has 0 aliphatic heterocycles. The van der Waals surface area contributed by atoms with E-state index in [1.54, 1.807) is 6.07 Å². The van der Waals surface area contributed by atoms with Crippen molar-refractivity contribution >= 4 is 27.3 Å². The highest BCUT2D eigenvalue weighted by Gasteiger charge is 2.28. The number of hydrogen-bond donors (Lipinski definition) is 2. The Hall–Kier alpha value is -1.92. The molecule has 0 spiro atoms. The van der Waals surface area contributed by atoms with E-state index < -0.39 is 4.92 Å². The van der Waals surface area contributed by atoms with E-state index in [9.17, 15) is 10.1 Å². The first-order valence-corrected chi connectivity index (χ1v) is 7.40. The number of fused-ring (bicyclic) bond motifs is 1. The summed E-state index contributed by atoms with van der Waals surface area (Å²) in [6.07, 6.45) is 0.808. The Morgan fingerprint density at radius 3 is 2.62 bits per heavy atom. The van der Waals surface area contributed by atoms with Crippen LogP contribution in [-0.4, -0.2) is 4.92 Å². The second-order valence-corrected chi connectivity index (χ2v) is 5.94. The summed E-state index contributed by atoms with van der Waals surface area (Å²) < 4.78 is 0.676. The molecule has 0 fully saturated rings. The minimum absolute atomic E-state index is 0.0236. The molecule has 2 aromatic rings. The predicted octanol–water partition coefficient (Wildman–Crippen LogP) is 3.91. The molecular formula is C15H14BrN3O2. The van der Waals surface area contributed by atoms with Crippen LogP contribution in [-0.2, 0) is 0 Å². The summed E-state index contributed by atoms with van der Waals surface area (Å²) in [5, 5.41) is 14.2. The quantitative estimate of drug-likeness (QED) is 0.651. The van der Waals surface area contributed by atoms with E-state index in [2.05, 4.69) is 27.3 Å². The van der Waals surface area contributed by atoms with Crippen LogP contribution in [0.4, 0.5) is 11.4 Å². The first kappa shape index (κ1) is 14.0. The van der Waals surface area contributed by atoms with Crippen molar-refractivity contribution < 1.29 is 4.92 Å². The summed E-state index contributed by atoms with van der Waals surface area (Å²) in [7, 11) is 0. The topological polar surface area (TPSA) is 81.2 Å². The van der Waals surface area contributed by atoms with Crippen molar-refractivity contribution in [2.45, 2.75) is 18.5 Å². The monoisotopic (exact) mass is 347 g/mol. The molecule has 5 nitrogen and oxygen atoms in total. The molecular weight excluding hydrogens is 334 g/mol. The molecule has 0 aromatic heterocycles. The number of non-ortho nitro benzene ring substituents is 1.